The van der Waals surface area contributed by atoms with Crippen molar-refractivity contribution in [2.45, 2.75) is 31.6 Å². The minimum absolute atomic E-state index is 0.00906. The van der Waals surface area contributed by atoms with E-state index in [0.717, 1.165) is 16.0 Å². The third-order valence-electron chi connectivity index (χ3n) is 7.33. The number of nitrogens with zero attached hydrogens (tertiary/aromatic N) is 3. The highest BCUT2D eigenvalue weighted by Crippen LogP contribution is 2.35. The maximum atomic E-state index is 15.6. The van der Waals surface area contributed by atoms with Crippen molar-refractivity contribution in [3.8, 4) is 11.1 Å². The number of carbonyl (C=O) groups excluding carboxylic acids is 1. The van der Waals surface area contributed by atoms with Crippen LogP contribution in [0.2, 0.25) is 0 Å². The van der Waals surface area contributed by atoms with E-state index in [4.69, 9.17) is 15.7 Å². The molecule has 1 aliphatic rings. The summed E-state index contributed by atoms with van der Waals surface area (Å²) < 4.78 is 61.9. The van der Waals surface area contributed by atoms with E-state index in [-0.39, 0.29) is 36.6 Å². The molecule has 0 aliphatic carbocycles. The Morgan fingerprint density at radius 2 is 1.90 bits per heavy atom. The molecule has 4 N–H and O–H groups in total. The fourth-order valence-electron chi connectivity index (χ4n) is 5.36. The minimum Gasteiger partial charge on any atom is -0.380 e. The molecule has 0 radical (unpaired) electrons. The number of nitrogens with one attached hydrogen (secondary N) is 2. The molecule has 220 valence electrons. The lowest BCUT2D eigenvalue weighted by atomic mass is 9.89. The van der Waals surface area contributed by atoms with Gasteiger partial charge in [0, 0.05) is 24.7 Å². The summed E-state index contributed by atoms with van der Waals surface area (Å²) in [5.74, 6) is -2.87. The Kier molecular flexibility index (Phi) is 7.91. The monoisotopic (exact) mass is 582 g/mol. The molecule has 0 bridgehead atoms. The Bertz CT molecular complexity index is 1630. The molecule has 1 aliphatic heterocycles. The molecule has 0 saturated carbocycles. The van der Waals surface area contributed by atoms with E-state index in [0.29, 0.717) is 23.1 Å². The minimum atomic E-state index is -4.93. The molecule has 1 aromatic heterocycles. The number of hydrogen-bond acceptors (Lipinski definition) is 7. The zero-order valence-electron chi connectivity index (χ0n) is 23.0. The molecule has 3 aromatic carbocycles. The van der Waals surface area contributed by atoms with Crippen LogP contribution in [-0.2, 0) is 11.3 Å². The van der Waals surface area contributed by atoms with Crippen molar-refractivity contribution in [2.75, 3.05) is 36.6 Å². The molecule has 1 fully saturated rings. The van der Waals surface area contributed by atoms with Gasteiger partial charge in [-0.05, 0) is 80.0 Å². The van der Waals surface area contributed by atoms with Gasteiger partial charge in [-0.15, -0.1) is 0 Å². The molecular weight excluding hydrogens is 552 g/mol. The number of benzene rings is 3. The Labute approximate surface area is 239 Å². The van der Waals surface area contributed by atoms with Crippen molar-refractivity contribution >= 4 is 39.8 Å². The first-order valence-corrected chi connectivity index (χ1v) is 13.3. The molecule has 2 unspecified atom stereocenters. The van der Waals surface area contributed by atoms with E-state index in [1.807, 2.05) is 43.3 Å². The van der Waals surface area contributed by atoms with Gasteiger partial charge in [-0.2, -0.15) is 13.2 Å². The SMILES string of the molecule is CN(C)Cc1cccc(-c2ccc(N3CCCC(C(=N)C(F)(F)F)C(Nc4ccc5onc(N)c5c4)C3=O)c(F)c2)c1. The summed E-state index contributed by atoms with van der Waals surface area (Å²) in [6.07, 6.45) is -4.90. The fourth-order valence-corrected chi connectivity index (χ4v) is 5.36. The normalized spacial score (nSPS) is 18.0. The molecule has 0 spiro atoms. The van der Waals surface area contributed by atoms with Crippen molar-refractivity contribution in [1.29, 1.82) is 5.41 Å². The van der Waals surface area contributed by atoms with Crippen LogP contribution >= 0.6 is 0 Å². The third kappa shape index (κ3) is 5.94. The van der Waals surface area contributed by atoms with Crippen molar-refractivity contribution in [3.63, 3.8) is 0 Å². The summed E-state index contributed by atoms with van der Waals surface area (Å²) in [6, 6.07) is 15.2. The maximum Gasteiger partial charge on any atom is 0.429 e. The summed E-state index contributed by atoms with van der Waals surface area (Å²) in [5.41, 5.74) is 7.35. The Morgan fingerprint density at radius 1 is 1.14 bits per heavy atom. The van der Waals surface area contributed by atoms with E-state index in [1.54, 1.807) is 6.07 Å². The standard InChI is InChI=1S/C30H30F4N6O2/c1-39(2)16-17-5-3-6-18(13-17)19-8-10-24(23(31)14-19)40-12-4-7-21(27(35)30(32,33)34)26(29(40)41)37-20-9-11-25-22(15-20)28(36)38-42-25/h3,5-6,8-11,13-15,21,26,35,37H,4,7,12,16H2,1-2H3,(H2,36,38). The molecule has 2 atom stereocenters. The first-order valence-electron chi connectivity index (χ1n) is 13.3. The van der Waals surface area contributed by atoms with Gasteiger partial charge >= 0.3 is 6.18 Å². The molecule has 2 heterocycles. The van der Waals surface area contributed by atoms with Crippen LogP contribution < -0.4 is 16.0 Å². The third-order valence-corrected chi connectivity index (χ3v) is 7.33. The van der Waals surface area contributed by atoms with Crippen LogP contribution in [0.25, 0.3) is 22.1 Å². The van der Waals surface area contributed by atoms with Crippen LogP contribution in [0.15, 0.2) is 65.2 Å². The van der Waals surface area contributed by atoms with Gasteiger partial charge in [-0.1, -0.05) is 29.4 Å². The summed E-state index contributed by atoms with van der Waals surface area (Å²) >= 11 is 0. The molecule has 4 aromatic rings. The number of hydrogen-bond donors (Lipinski definition) is 3. The van der Waals surface area contributed by atoms with Crippen molar-refractivity contribution in [1.82, 2.24) is 10.1 Å². The number of anilines is 3. The van der Waals surface area contributed by atoms with E-state index >= 15 is 4.39 Å². The van der Waals surface area contributed by atoms with Gasteiger partial charge in [-0.3, -0.25) is 4.79 Å². The molecule has 42 heavy (non-hydrogen) atoms. The highest BCUT2D eigenvalue weighted by atomic mass is 19.4. The lowest BCUT2D eigenvalue weighted by Crippen LogP contribution is -2.49. The predicted molar refractivity (Wildman–Crippen MR) is 154 cm³/mol. The second kappa shape index (κ2) is 11.4. The molecule has 1 saturated heterocycles. The second-order valence-electron chi connectivity index (χ2n) is 10.7. The first kappa shape index (κ1) is 29.1. The van der Waals surface area contributed by atoms with Crippen LogP contribution in [0.4, 0.5) is 34.8 Å². The number of nitrogens with two attached hydrogens (primary N) is 1. The lowest BCUT2D eigenvalue weighted by molar-refractivity contribution is -0.119. The van der Waals surface area contributed by atoms with Crippen LogP contribution in [0.5, 0.6) is 0 Å². The van der Waals surface area contributed by atoms with Gasteiger partial charge in [0.2, 0.25) is 5.91 Å². The van der Waals surface area contributed by atoms with Crippen molar-refractivity contribution < 1.29 is 26.9 Å². The van der Waals surface area contributed by atoms with Gasteiger partial charge < -0.3 is 30.8 Å². The number of fused-ring (bicyclic) bond motifs is 1. The molecule has 5 rings (SSSR count). The quantitative estimate of drug-likeness (QED) is 0.180. The average molecular weight is 583 g/mol. The largest absolute Gasteiger partial charge is 0.429 e. The second-order valence-corrected chi connectivity index (χ2v) is 10.7. The van der Waals surface area contributed by atoms with Crippen LogP contribution in [0, 0.1) is 17.1 Å². The van der Waals surface area contributed by atoms with E-state index < -0.39 is 35.6 Å². The topological polar surface area (TPSA) is 111 Å². The van der Waals surface area contributed by atoms with Gasteiger partial charge in [0.1, 0.15) is 17.6 Å². The van der Waals surface area contributed by atoms with Gasteiger partial charge in [0.25, 0.3) is 0 Å². The van der Waals surface area contributed by atoms with Crippen LogP contribution in [-0.4, -0.2) is 54.5 Å². The smallest absolute Gasteiger partial charge is 0.380 e. The summed E-state index contributed by atoms with van der Waals surface area (Å²) in [7, 11) is 3.90. The number of rotatable bonds is 7. The van der Waals surface area contributed by atoms with E-state index in [9.17, 15) is 18.0 Å². The summed E-state index contributed by atoms with van der Waals surface area (Å²) in [5, 5.41) is 14.9. The average Bonchev–Trinajstić information content (AvgIpc) is 3.23. The maximum absolute atomic E-state index is 15.6. The van der Waals surface area contributed by atoms with Crippen LogP contribution in [0.1, 0.15) is 18.4 Å². The Morgan fingerprint density at radius 3 is 2.62 bits per heavy atom. The summed E-state index contributed by atoms with van der Waals surface area (Å²) in [4.78, 5) is 17.1. The number of nitrogen functional groups attached to an aromatic ring is 1. The zero-order chi connectivity index (χ0) is 30.2. The fraction of sp³-hybridized carbons (Fsp3) is 0.300. The number of halogens is 4. The van der Waals surface area contributed by atoms with Gasteiger partial charge in [0.05, 0.1) is 11.1 Å². The summed E-state index contributed by atoms with van der Waals surface area (Å²) in [6.45, 7) is 0.695. The molecular formula is C30H30F4N6O2. The molecule has 12 heteroatoms. The van der Waals surface area contributed by atoms with E-state index in [1.165, 1.54) is 30.3 Å². The Hall–Kier alpha value is -4.45. The molecule has 1 amide bonds. The van der Waals surface area contributed by atoms with Crippen LogP contribution in [0.3, 0.4) is 0 Å². The van der Waals surface area contributed by atoms with Crippen molar-refractivity contribution in [2.24, 2.45) is 5.92 Å². The molecule has 8 nitrogen and oxygen atoms in total. The lowest BCUT2D eigenvalue weighted by Gasteiger charge is -2.30. The number of alkyl halides is 3. The van der Waals surface area contributed by atoms with Gasteiger partial charge in [-0.25, -0.2) is 4.39 Å². The zero-order valence-corrected chi connectivity index (χ0v) is 23.0. The Balaban J connectivity index is 1.48. The van der Waals surface area contributed by atoms with E-state index in [2.05, 4.69) is 10.5 Å². The van der Waals surface area contributed by atoms with Gasteiger partial charge in [0.15, 0.2) is 11.4 Å². The first-order chi connectivity index (χ1) is 19.9. The highest BCUT2D eigenvalue weighted by molar-refractivity contribution is 6.04. The predicted octanol–water partition coefficient (Wildman–Crippen LogP) is 6.08. The highest BCUT2D eigenvalue weighted by Gasteiger charge is 2.46. The number of amides is 1. The number of aromatic nitrogens is 1. The van der Waals surface area contributed by atoms with Crippen molar-refractivity contribution in [3.05, 3.63) is 72.0 Å². The number of carbonyl (C=O) groups is 1.